The molecule has 3 nitrogen and oxygen atoms in total. The number of nitrogens with one attached hydrogen (secondary N) is 1. The number of para-hydroxylation sites is 1. The zero-order valence-electron chi connectivity index (χ0n) is 9.93. The Labute approximate surface area is 111 Å². The van der Waals surface area contributed by atoms with Crippen molar-refractivity contribution in [1.29, 1.82) is 0 Å². The van der Waals surface area contributed by atoms with Gasteiger partial charge in [-0.1, -0.05) is 29.8 Å². The van der Waals surface area contributed by atoms with Gasteiger partial charge < -0.3 is 4.74 Å². The lowest BCUT2D eigenvalue weighted by atomic mass is 10.2. The lowest BCUT2D eigenvalue weighted by Gasteiger charge is -2.03. The number of benzene rings is 2. The van der Waals surface area contributed by atoms with E-state index in [1.807, 2.05) is 54.6 Å². The van der Waals surface area contributed by atoms with Crippen molar-refractivity contribution < 1.29 is 4.74 Å². The maximum absolute atomic E-state index is 6.10. The Balaban J connectivity index is 2.08. The van der Waals surface area contributed by atoms with Crippen molar-refractivity contribution in [1.82, 2.24) is 0 Å². The van der Waals surface area contributed by atoms with Crippen LogP contribution < -0.4 is 10.2 Å². The number of halogens is 1. The summed E-state index contributed by atoms with van der Waals surface area (Å²) in [6.45, 7) is 0. The Kier molecular flexibility index (Phi) is 4.20. The molecule has 0 spiro atoms. The van der Waals surface area contributed by atoms with Gasteiger partial charge in [0.05, 0.1) is 12.8 Å². The zero-order chi connectivity index (χ0) is 12.8. The van der Waals surface area contributed by atoms with Gasteiger partial charge in [0.25, 0.3) is 0 Å². The molecule has 0 saturated carbocycles. The van der Waals surface area contributed by atoms with Crippen molar-refractivity contribution in [2.45, 2.75) is 0 Å². The van der Waals surface area contributed by atoms with Crippen molar-refractivity contribution in [3.05, 3.63) is 60.2 Å². The van der Waals surface area contributed by atoms with E-state index in [9.17, 15) is 0 Å². The quantitative estimate of drug-likeness (QED) is 0.672. The van der Waals surface area contributed by atoms with Crippen LogP contribution in [0.1, 0.15) is 5.56 Å². The van der Waals surface area contributed by atoms with E-state index >= 15 is 0 Å². The number of hydrazone groups is 1. The minimum atomic E-state index is 0.404. The van der Waals surface area contributed by atoms with Gasteiger partial charge in [0.2, 0.25) is 0 Å². The molecule has 0 unspecified atom stereocenters. The summed E-state index contributed by atoms with van der Waals surface area (Å²) in [6, 6.07) is 17.0. The summed E-state index contributed by atoms with van der Waals surface area (Å²) < 4.78 is 5.08. The number of hydrogen-bond acceptors (Lipinski definition) is 3. The van der Waals surface area contributed by atoms with Crippen LogP contribution in [0.2, 0.25) is 0 Å². The fraction of sp³-hybridized carbons (Fsp3) is 0.0714. The summed E-state index contributed by atoms with van der Waals surface area (Å²) in [6.07, 6.45) is 0. The van der Waals surface area contributed by atoms with Crippen LogP contribution >= 0.6 is 11.6 Å². The molecule has 0 bridgehead atoms. The molecule has 2 aromatic rings. The van der Waals surface area contributed by atoms with Crippen molar-refractivity contribution >= 4 is 22.5 Å². The predicted octanol–water partition coefficient (Wildman–Crippen LogP) is 3.71. The van der Waals surface area contributed by atoms with Crippen molar-refractivity contribution in [3.63, 3.8) is 0 Å². The maximum Gasteiger partial charge on any atom is 0.156 e. The van der Waals surface area contributed by atoms with Gasteiger partial charge in [-0.25, -0.2) is 0 Å². The maximum atomic E-state index is 6.10. The topological polar surface area (TPSA) is 33.6 Å². The summed E-state index contributed by atoms with van der Waals surface area (Å²) >= 11 is 6.10. The van der Waals surface area contributed by atoms with Crippen molar-refractivity contribution in [2.75, 3.05) is 12.5 Å². The van der Waals surface area contributed by atoms with Crippen LogP contribution in [0.25, 0.3) is 0 Å². The highest BCUT2D eigenvalue weighted by Crippen LogP contribution is 2.14. The van der Waals surface area contributed by atoms with Crippen LogP contribution in [-0.4, -0.2) is 12.3 Å². The number of methoxy groups -OCH3 is 1. The number of anilines is 1. The Morgan fingerprint density at radius 3 is 2.33 bits per heavy atom. The molecule has 0 heterocycles. The standard InChI is InChI=1S/C14H13ClN2O/c1-18-13-9-7-11(8-10-13)14(15)17-16-12-5-3-2-4-6-12/h2-10,16H,1H3. The van der Waals surface area contributed by atoms with E-state index in [0.717, 1.165) is 17.0 Å². The predicted molar refractivity (Wildman–Crippen MR) is 75.4 cm³/mol. The average molecular weight is 261 g/mol. The van der Waals surface area contributed by atoms with E-state index in [0.29, 0.717) is 5.17 Å². The van der Waals surface area contributed by atoms with E-state index < -0.39 is 0 Å². The average Bonchev–Trinajstić information content (AvgIpc) is 2.46. The summed E-state index contributed by atoms with van der Waals surface area (Å²) in [5.74, 6) is 0.791. The Morgan fingerprint density at radius 1 is 1.06 bits per heavy atom. The molecule has 0 fully saturated rings. The normalized spacial score (nSPS) is 11.1. The molecule has 0 atom stereocenters. The van der Waals surface area contributed by atoms with Crippen molar-refractivity contribution in [3.8, 4) is 5.75 Å². The molecule has 0 aliphatic heterocycles. The highest BCUT2D eigenvalue weighted by Gasteiger charge is 2.00. The van der Waals surface area contributed by atoms with Gasteiger partial charge in [-0.2, -0.15) is 5.10 Å². The van der Waals surface area contributed by atoms with Gasteiger partial charge in [0, 0.05) is 5.56 Å². The molecule has 0 amide bonds. The molecular weight excluding hydrogens is 248 g/mol. The van der Waals surface area contributed by atoms with Crippen LogP contribution in [0.5, 0.6) is 5.75 Å². The van der Waals surface area contributed by atoms with Gasteiger partial charge in [-0.3, -0.25) is 5.43 Å². The molecule has 0 saturated heterocycles. The van der Waals surface area contributed by atoms with Gasteiger partial charge >= 0.3 is 0 Å². The second-order valence-corrected chi connectivity index (χ2v) is 3.97. The molecule has 2 rings (SSSR count). The summed E-state index contributed by atoms with van der Waals surface area (Å²) in [7, 11) is 1.63. The smallest absolute Gasteiger partial charge is 0.156 e. The third-order valence-electron chi connectivity index (χ3n) is 2.39. The molecule has 2 aromatic carbocycles. The molecule has 0 aromatic heterocycles. The summed E-state index contributed by atoms with van der Waals surface area (Å²) in [5.41, 5.74) is 4.62. The lowest BCUT2D eigenvalue weighted by Crippen LogP contribution is -1.97. The molecule has 1 N–H and O–H groups in total. The molecular formula is C14H13ClN2O. The van der Waals surface area contributed by atoms with E-state index in [-0.39, 0.29) is 0 Å². The molecule has 18 heavy (non-hydrogen) atoms. The molecule has 4 heteroatoms. The fourth-order valence-electron chi connectivity index (χ4n) is 1.42. The third kappa shape index (κ3) is 3.25. The first-order chi connectivity index (χ1) is 8.79. The number of hydrogen-bond donors (Lipinski definition) is 1. The van der Waals surface area contributed by atoms with Gasteiger partial charge in [-0.15, -0.1) is 0 Å². The van der Waals surface area contributed by atoms with E-state index in [2.05, 4.69) is 10.5 Å². The third-order valence-corrected chi connectivity index (χ3v) is 2.69. The van der Waals surface area contributed by atoms with Crippen LogP contribution in [0, 0.1) is 0 Å². The first-order valence-corrected chi connectivity index (χ1v) is 5.86. The largest absolute Gasteiger partial charge is 0.497 e. The number of nitrogens with zero attached hydrogens (tertiary/aromatic N) is 1. The number of ether oxygens (including phenoxy) is 1. The minimum absolute atomic E-state index is 0.404. The summed E-state index contributed by atoms with van der Waals surface area (Å²) in [4.78, 5) is 0. The molecule has 0 aliphatic carbocycles. The van der Waals surface area contributed by atoms with E-state index in [1.54, 1.807) is 7.11 Å². The van der Waals surface area contributed by atoms with Crippen LogP contribution in [0.3, 0.4) is 0 Å². The van der Waals surface area contributed by atoms with Crippen LogP contribution in [-0.2, 0) is 0 Å². The second kappa shape index (κ2) is 6.07. The molecule has 0 aliphatic rings. The number of rotatable bonds is 4. The SMILES string of the molecule is COc1ccc(C(Cl)=NNc2ccccc2)cc1. The summed E-state index contributed by atoms with van der Waals surface area (Å²) in [5, 5.41) is 4.52. The lowest BCUT2D eigenvalue weighted by molar-refractivity contribution is 0.415. The van der Waals surface area contributed by atoms with Gasteiger partial charge in [0.1, 0.15) is 5.75 Å². The van der Waals surface area contributed by atoms with E-state index in [4.69, 9.17) is 16.3 Å². The van der Waals surface area contributed by atoms with Gasteiger partial charge in [-0.05, 0) is 36.4 Å². The Hall–Kier alpha value is -2.00. The zero-order valence-corrected chi connectivity index (χ0v) is 10.7. The molecule has 92 valence electrons. The monoisotopic (exact) mass is 260 g/mol. The second-order valence-electron chi connectivity index (χ2n) is 3.61. The Bertz CT molecular complexity index is 523. The molecule has 0 radical (unpaired) electrons. The van der Waals surface area contributed by atoms with Crippen LogP contribution in [0.4, 0.5) is 5.69 Å². The van der Waals surface area contributed by atoms with Gasteiger partial charge in [0.15, 0.2) is 5.17 Å². The van der Waals surface area contributed by atoms with Crippen LogP contribution in [0.15, 0.2) is 59.7 Å². The first-order valence-electron chi connectivity index (χ1n) is 5.48. The highest BCUT2D eigenvalue weighted by atomic mass is 35.5. The highest BCUT2D eigenvalue weighted by molar-refractivity contribution is 6.69. The minimum Gasteiger partial charge on any atom is -0.497 e. The Morgan fingerprint density at radius 2 is 1.72 bits per heavy atom. The first kappa shape index (κ1) is 12.5. The van der Waals surface area contributed by atoms with Crippen molar-refractivity contribution in [2.24, 2.45) is 5.10 Å². The fourth-order valence-corrected chi connectivity index (χ4v) is 1.59. The van der Waals surface area contributed by atoms with E-state index in [1.165, 1.54) is 0 Å².